The minimum absolute atomic E-state index is 0.274. The molecule has 1 fully saturated rings. The lowest BCUT2D eigenvalue weighted by Crippen LogP contribution is -2.28. The van der Waals surface area contributed by atoms with Crippen molar-refractivity contribution in [1.82, 2.24) is 9.62 Å². The van der Waals surface area contributed by atoms with Crippen molar-refractivity contribution < 1.29 is 12.8 Å². The van der Waals surface area contributed by atoms with Gasteiger partial charge in [-0.15, -0.1) is 0 Å². The molecule has 0 saturated heterocycles. The van der Waals surface area contributed by atoms with E-state index in [4.69, 9.17) is 0 Å². The Kier molecular flexibility index (Phi) is 4.84. The second-order valence-corrected chi connectivity index (χ2v) is 7.88. The zero-order chi connectivity index (χ0) is 14.9. The minimum atomic E-state index is -3.79. The maximum atomic E-state index is 14.4. The van der Waals surface area contributed by atoms with Crippen LogP contribution in [-0.2, 0) is 16.6 Å². The van der Waals surface area contributed by atoms with E-state index in [9.17, 15) is 12.8 Å². The summed E-state index contributed by atoms with van der Waals surface area (Å²) in [6, 6.07) is 3.37. The highest BCUT2D eigenvalue weighted by atomic mass is 79.9. The van der Waals surface area contributed by atoms with Gasteiger partial charge in [-0.1, -0.05) is 22.9 Å². The third-order valence-corrected chi connectivity index (χ3v) is 5.76. The topological polar surface area (TPSA) is 49.4 Å². The van der Waals surface area contributed by atoms with Crippen molar-refractivity contribution in [3.05, 3.63) is 28.0 Å². The predicted octanol–water partition coefficient (Wildman–Crippen LogP) is 2.48. The number of hydrogen-bond donors (Lipinski definition) is 1. The summed E-state index contributed by atoms with van der Waals surface area (Å²) in [7, 11) is -2.34. The van der Waals surface area contributed by atoms with E-state index in [-0.39, 0.29) is 4.90 Å². The van der Waals surface area contributed by atoms with Crippen LogP contribution in [-0.4, -0.2) is 32.4 Å². The highest BCUT2D eigenvalue weighted by molar-refractivity contribution is 9.10. The van der Waals surface area contributed by atoms with Crippen LogP contribution in [0, 0.1) is 5.82 Å². The summed E-state index contributed by atoms with van der Waals surface area (Å²) in [6.45, 7) is 2.35. The molecular formula is C13H18BrFN2O2S. The minimum Gasteiger partial charge on any atom is -0.310 e. The Hall–Kier alpha value is -0.500. The van der Waals surface area contributed by atoms with Gasteiger partial charge in [0.05, 0.1) is 0 Å². The molecule has 1 aliphatic carbocycles. The van der Waals surface area contributed by atoms with Gasteiger partial charge in [0.2, 0.25) is 10.0 Å². The maximum Gasteiger partial charge on any atom is 0.245 e. The molecule has 2 rings (SSSR count). The zero-order valence-corrected chi connectivity index (χ0v) is 13.9. The molecule has 20 heavy (non-hydrogen) atoms. The number of halogens is 2. The molecule has 1 saturated carbocycles. The first-order valence-electron chi connectivity index (χ1n) is 6.54. The van der Waals surface area contributed by atoms with Crippen LogP contribution in [0.2, 0.25) is 0 Å². The molecule has 1 aromatic rings. The summed E-state index contributed by atoms with van der Waals surface area (Å²) < 4.78 is 40.7. The van der Waals surface area contributed by atoms with Gasteiger partial charge in [-0.25, -0.2) is 17.1 Å². The Bertz CT molecular complexity index is 603. The van der Waals surface area contributed by atoms with E-state index in [1.54, 1.807) is 13.0 Å². The highest BCUT2D eigenvalue weighted by Crippen LogP contribution is 2.27. The second kappa shape index (κ2) is 6.09. The van der Waals surface area contributed by atoms with Crippen molar-refractivity contribution in [2.75, 3.05) is 13.6 Å². The van der Waals surface area contributed by atoms with Gasteiger partial charge in [0.1, 0.15) is 10.7 Å². The monoisotopic (exact) mass is 364 g/mol. The molecule has 1 aromatic carbocycles. The Morgan fingerprint density at radius 2 is 2.10 bits per heavy atom. The van der Waals surface area contributed by atoms with Crippen LogP contribution >= 0.6 is 15.9 Å². The molecule has 0 radical (unpaired) electrons. The molecule has 0 spiro atoms. The number of hydrogen-bond acceptors (Lipinski definition) is 3. The summed E-state index contributed by atoms with van der Waals surface area (Å²) in [5.74, 6) is -0.665. The molecule has 0 heterocycles. The van der Waals surface area contributed by atoms with Gasteiger partial charge in [0.25, 0.3) is 0 Å². The second-order valence-electron chi connectivity index (χ2n) is 4.95. The summed E-state index contributed by atoms with van der Waals surface area (Å²) in [6.07, 6.45) is 2.19. The summed E-state index contributed by atoms with van der Waals surface area (Å²) in [4.78, 5) is -0.274. The first-order valence-corrected chi connectivity index (χ1v) is 8.77. The van der Waals surface area contributed by atoms with E-state index in [0.717, 1.165) is 17.1 Å². The first-order chi connectivity index (χ1) is 9.36. The van der Waals surface area contributed by atoms with Gasteiger partial charge in [0, 0.05) is 36.2 Å². The van der Waals surface area contributed by atoms with Crippen molar-refractivity contribution >= 4 is 26.0 Å². The predicted molar refractivity (Wildman–Crippen MR) is 79.5 cm³/mol. The lowest BCUT2D eigenvalue weighted by Gasteiger charge is -2.17. The standard InChI is InChI=1S/C13H18BrFN2O2S/c1-3-17(2)20(18,19)12-7-10(14)6-9(13(12)15)8-16-11-4-5-11/h6-7,11,16H,3-5,8H2,1-2H3. The summed E-state index contributed by atoms with van der Waals surface area (Å²) in [5.41, 5.74) is 0.370. The Balaban J connectivity index is 2.37. The van der Waals surface area contributed by atoms with Crippen LogP contribution in [0.3, 0.4) is 0 Å². The van der Waals surface area contributed by atoms with Gasteiger partial charge in [-0.05, 0) is 25.0 Å². The van der Waals surface area contributed by atoms with E-state index in [2.05, 4.69) is 21.2 Å². The normalized spacial score (nSPS) is 15.8. The van der Waals surface area contributed by atoms with Crippen molar-refractivity contribution in [3.8, 4) is 0 Å². The Morgan fingerprint density at radius 1 is 1.45 bits per heavy atom. The van der Waals surface area contributed by atoms with Crippen molar-refractivity contribution in [1.29, 1.82) is 0 Å². The van der Waals surface area contributed by atoms with Gasteiger partial charge in [-0.3, -0.25) is 0 Å². The number of nitrogens with one attached hydrogen (secondary N) is 1. The number of rotatable bonds is 6. The van der Waals surface area contributed by atoms with Crippen LogP contribution in [0.25, 0.3) is 0 Å². The van der Waals surface area contributed by atoms with Gasteiger partial charge in [0.15, 0.2) is 0 Å². The fourth-order valence-corrected chi connectivity index (χ4v) is 3.78. The molecule has 4 nitrogen and oxygen atoms in total. The lowest BCUT2D eigenvalue weighted by molar-refractivity contribution is 0.475. The summed E-state index contributed by atoms with van der Waals surface area (Å²) >= 11 is 3.26. The zero-order valence-electron chi connectivity index (χ0n) is 11.5. The molecule has 7 heteroatoms. The quantitative estimate of drug-likeness (QED) is 0.843. The largest absolute Gasteiger partial charge is 0.310 e. The van der Waals surface area contributed by atoms with Crippen molar-refractivity contribution in [3.63, 3.8) is 0 Å². The van der Waals surface area contributed by atoms with E-state index in [1.807, 2.05) is 0 Å². The van der Waals surface area contributed by atoms with Crippen molar-refractivity contribution in [2.24, 2.45) is 0 Å². The molecule has 0 atom stereocenters. The molecule has 112 valence electrons. The number of sulfonamides is 1. The highest BCUT2D eigenvalue weighted by Gasteiger charge is 2.27. The Morgan fingerprint density at radius 3 is 2.65 bits per heavy atom. The van der Waals surface area contributed by atoms with E-state index >= 15 is 0 Å². The average molecular weight is 365 g/mol. The first kappa shape index (κ1) is 15.9. The van der Waals surface area contributed by atoms with Crippen LogP contribution in [0.15, 0.2) is 21.5 Å². The molecule has 0 unspecified atom stereocenters. The van der Waals surface area contributed by atoms with Crippen LogP contribution in [0.5, 0.6) is 0 Å². The molecule has 0 bridgehead atoms. The van der Waals surface area contributed by atoms with Crippen LogP contribution < -0.4 is 5.32 Å². The number of nitrogens with zero attached hydrogens (tertiary/aromatic N) is 1. The van der Waals surface area contributed by atoms with E-state index < -0.39 is 15.8 Å². The van der Waals surface area contributed by atoms with Crippen LogP contribution in [0.1, 0.15) is 25.3 Å². The average Bonchev–Trinajstić information content (AvgIpc) is 3.22. The summed E-state index contributed by atoms with van der Waals surface area (Å²) in [5, 5.41) is 3.19. The van der Waals surface area contributed by atoms with Crippen molar-refractivity contribution in [2.45, 2.75) is 37.2 Å². The smallest absolute Gasteiger partial charge is 0.245 e. The van der Waals surface area contributed by atoms with E-state index in [0.29, 0.717) is 29.2 Å². The molecule has 1 aliphatic rings. The Labute approximate surface area is 127 Å². The van der Waals surface area contributed by atoms with Gasteiger partial charge in [-0.2, -0.15) is 0 Å². The molecule has 0 aromatic heterocycles. The molecule has 0 aliphatic heterocycles. The third-order valence-electron chi connectivity index (χ3n) is 3.37. The molecule has 1 N–H and O–H groups in total. The fourth-order valence-electron chi connectivity index (χ4n) is 1.81. The molecule has 0 amide bonds. The SMILES string of the molecule is CCN(C)S(=O)(=O)c1cc(Br)cc(CNC2CC2)c1F. The third kappa shape index (κ3) is 3.39. The van der Waals surface area contributed by atoms with Gasteiger partial charge >= 0.3 is 0 Å². The van der Waals surface area contributed by atoms with Crippen LogP contribution in [0.4, 0.5) is 4.39 Å². The van der Waals surface area contributed by atoms with Gasteiger partial charge < -0.3 is 5.32 Å². The maximum absolute atomic E-state index is 14.4. The van der Waals surface area contributed by atoms with E-state index in [1.165, 1.54) is 13.1 Å². The number of benzene rings is 1. The lowest BCUT2D eigenvalue weighted by atomic mass is 10.2. The fraction of sp³-hybridized carbons (Fsp3) is 0.538. The molecular weight excluding hydrogens is 347 g/mol.